The second kappa shape index (κ2) is 9.51. The molecule has 0 radical (unpaired) electrons. The number of pyridine rings is 2. The fraction of sp³-hybridized carbons (Fsp3) is 0. The lowest BCUT2D eigenvalue weighted by Gasteiger charge is -2.10. The van der Waals surface area contributed by atoms with E-state index in [1.807, 2.05) is 35.9 Å². The largest absolute Gasteiger partial charge is 0.293 e. The summed E-state index contributed by atoms with van der Waals surface area (Å²) in [6.07, 6.45) is 3.73. The first-order valence-corrected chi connectivity index (χ1v) is 15.2. The van der Waals surface area contributed by atoms with E-state index in [-0.39, 0.29) is 0 Å². The van der Waals surface area contributed by atoms with Gasteiger partial charge < -0.3 is 0 Å². The molecule has 0 saturated carbocycles. The highest BCUT2D eigenvalue weighted by Crippen LogP contribution is 2.44. The SMILES string of the molecule is c1ccc(-n2c3ccccc3c3cccc(-c4ccc(-c5cccc6c7ccccc7n(-c7ccccn7)c56)s4)c32)nc1. The van der Waals surface area contributed by atoms with Crippen molar-refractivity contribution in [1.82, 2.24) is 19.1 Å². The number of thiophene rings is 1. The van der Waals surface area contributed by atoms with Crippen LogP contribution in [0.2, 0.25) is 0 Å². The van der Waals surface area contributed by atoms with Gasteiger partial charge in [-0.15, -0.1) is 11.3 Å². The number of para-hydroxylation sites is 4. The smallest absolute Gasteiger partial charge is 0.137 e. The first kappa shape index (κ1) is 24.1. The molecule has 9 rings (SSSR count). The molecule has 5 aromatic heterocycles. The summed E-state index contributed by atoms with van der Waals surface area (Å²) in [6.45, 7) is 0. The minimum Gasteiger partial charge on any atom is -0.293 e. The van der Waals surface area contributed by atoms with Crippen LogP contribution in [-0.4, -0.2) is 19.1 Å². The monoisotopic (exact) mass is 568 g/mol. The molecule has 0 saturated heterocycles. The molecule has 0 bridgehead atoms. The highest BCUT2D eigenvalue weighted by Gasteiger charge is 2.20. The predicted molar refractivity (Wildman–Crippen MR) is 179 cm³/mol. The molecular formula is C38H24N4S. The van der Waals surface area contributed by atoms with Crippen molar-refractivity contribution in [2.45, 2.75) is 0 Å². The topological polar surface area (TPSA) is 35.6 Å². The van der Waals surface area contributed by atoms with E-state index in [4.69, 9.17) is 9.97 Å². The molecule has 0 amide bonds. The van der Waals surface area contributed by atoms with Crippen LogP contribution in [-0.2, 0) is 0 Å². The lowest BCUT2D eigenvalue weighted by molar-refractivity contribution is 1.08. The van der Waals surface area contributed by atoms with E-state index >= 15 is 0 Å². The Morgan fingerprint density at radius 3 is 1.30 bits per heavy atom. The Bertz CT molecular complexity index is 2280. The van der Waals surface area contributed by atoms with Gasteiger partial charge in [0.15, 0.2) is 0 Å². The first-order valence-electron chi connectivity index (χ1n) is 14.3. The zero-order chi connectivity index (χ0) is 28.3. The second-order valence-corrected chi connectivity index (χ2v) is 11.7. The van der Waals surface area contributed by atoms with Crippen molar-refractivity contribution in [3.63, 3.8) is 0 Å². The Kier molecular flexibility index (Phi) is 5.33. The van der Waals surface area contributed by atoms with Crippen molar-refractivity contribution in [1.29, 1.82) is 0 Å². The summed E-state index contributed by atoms with van der Waals surface area (Å²) in [5, 5.41) is 4.91. The highest BCUT2D eigenvalue weighted by molar-refractivity contribution is 7.19. The lowest BCUT2D eigenvalue weighted by Crippen LogP contribution is -1.97. The van der Waals surface area contributed by atoms with Crippen molar-refractivity contribution in [3.8, 4) is 32.5 Å². The molecule has 0 aliphatic heterocycles. The molecule has 0 aliphatic carbocycles. The Hall–Kier alpha value is -5.52. The van der Waals surface area contributed by atoms with E-state index in [0.717, 1.165) is 22.7 Å². The van der Waals surface area contributed by atoms with Crippen molar-refractivity contribution in [2.75, 3.05) is 0 Å². The molecule has 202 valence electrons. The summed E-state index contributed by atoms with van der Waals surface area (Å²) in [5.74, 6) is 1.84. The zero-order valence-corrected chi connectivity index (χ0v) is 23.9. The van der Waals surface area contributed by atoms with Gasteiger partial charge in [0.25, 0.3) is 0 Å². The van der Waals surface area contributed by atoms with E-state index in [1.165, 1.54) is 53.5 Å². The maximum Gasteiger partial charge on any atom is 0.137 e. The van der Waals surface area contributed by atoms with Gasteiger partial charge >= 0.3 is 0 Å². The number of nitrogens with zero attached hydrogens (tertiary/aromatic N) is 4. The van der Waals surface area contributed by atoms with E-state index in [2.05, 4.69) is 130 Å². The normalized spacial score (nSPS) is 11.7. The number of fused-ring (bicyclic) bond motifs is 6. The average molecular weight is 569 g/mol. The quantitative estimate of drug-likeness (QED) is 0.212. The van der Waals surface area contributed by atoms with E-state index in [0.29, 0.717) is 0 Å². The van der Waals surface area contributed by atoms with Crippen LogP contribution in [0, 0.1) is 0 Å². The maximum atomic E-state index is 4.76. The van der Waals surface area contributed by atoms with Crippen LogP contribution in [0.3, 0.4) is 0 Å². The third-order valence-corrected chi connectivity index (χ3v) is 9.43. The van der Waals surface area contributed by atoms with Gasteiger partial charge in [0.2, 0.25) is 0 Å². The second-order valence-electron chi connectivity index (χ2n) is 10.6. The fourth-order valence-corrected chi connectivity index (χ4v) is 7.57. The van der Waals surface area contributed by atoms with Crippen molar-refractivity contribution < 1.29 is 0 Å². The summed E-state index contributed by atoms with van der Waals surface area (Å²) in [7, 11) is 0. The molecule has 4 nitrogen and oxygen atoms in total. The number of hydrogen-bond donors (Lipinski definition) is 0. The van der Waals surface area contributed by atoms with Gasteiger partial charge in [-0.05, 0) is 48.5 Å². The molecule has 0 spiro atoms. The van der Waals surface area contributed by atoms with Crippen LogP contribution in [0.25, 0.3) is 76.1 Å². The summed E-state index contributed by atoms with van der Waals surface area (Å²) in [6, 6.07) is 47.2. The van der Waals surface area contributed by atoms with Gasteiger partial charge in [-0.3, -0.25) is 9.13 Å². The van der Waals surface area contributed by atoms with Crippen molar-refractivity contribution >= 4 is 54.9 Å². The summed E-state index contributed by atoms with van der Waals surface area (Å²) in [4.78, 5) is 12.0. The molecule has 0 atom stereocenters. The molecule has 0 unspecified atom stereocenters. The maximum absolute atomic E-state index is 4.76. The van der Waals surface area contributed by atoms with Gasteiger partial charge in [-0.1, -0.05) is 84.9 Å². The number of aromatic nitrogens is 4. The Morgan fingerprint density at radius 1 is 0.395 bits per heavy atom. The number of benzene rings is 4. The van der Waals surface area contributed by atoms with Crippen LogP contribution in [0.4, 0.5) is 0 Å². The third-order valence-electron chi connectivity index (χ3n) is 8.28. The third kappa shape index (κ3) is 3.62. The minimum atomic E-state index is 0.919. The zero-order valence-electron chi connectivity index (χ0n) is 23.1. The van der Waals surface area contributed by atoms with Crippen LogP contribution in [0.1, 0.15) is 0 Å². The molecule has 5 heteroatoms. The molecule has 0 fully saturated rings. The molecule has 43 heavy (non-hydrogen) atoms. The lowest BCUT2D eigenvalue weighted by atomic mass is 10.1. The van der Waals surface area contributed by atoms with E-state index < -0.39 is 0 Å². The van der Waals surface area contributed by atoms with Crippen molar-refractivity contribution in [2.24, 2.45) is 0 Å². The Balaban J connectivity index is 1.30. The minimum absolute atomic E-state index is 0.919. The number of hydrogen-bond acceptors (Lipinski definition) is 3. The first-order chi connectivity index (χ1) is 21.4. The molecular weight excluding hydrogens is 545 g/mol. The molecule has 5 heterocycles. The van der Waals surface area contributed by atoms with Gasteiger partial charge in [0.1, 0.15) is 11.6 Å². The van der Waals surface area contributed by atoms with Gasteiger partial charge in [-0.2, -0.15) is 0 Å². The van der Waals surface area contributed by atoms with Crippen LogP contribution in [0.5, 0.6) is 0 Å². The van der Waals surface area contributed by atoms with Crippen molar-refractivity contribution in [3.05, 3.63) is 146 Å². The molecule has 4 aromatic carbocycles. The summed E-state index contributed by atoms with van der Waals surface area (Å²) in [5.41, 5.74) is 7.07. The fourth-order valence-electron chi connectivity index (χ4n) is 6.51. The number of rotatable bonds is 4. The van der Waals surface area contributed by atoms with Gasteiger partial charge in [0.05, 0.1) is 22.1 Å². The van der Waals surface area contributed by atoms with Gasteiger partial charge in [-0.25, -0.2) is 9.97 Å². The summed E-state index contributed by atoms with van der Waals surface area (Å²) < 4.78 is 4.61. The molecule has 9 aromatic rings. The average Bonchev–Trinajstić information content (AvgIpc) is 3.79. The van der Waals surface area contributed by atoms with E-state index in [1.54, 1.807) is 0 Å². The van der Waals surface area contributed by atoms with E-state index in [9.17, 15) is 0 Å². The molecule has 0 N–H and O–H groups in total. The standard InChI is InChI=1S/C38H24N4S/c1-3-17-31-25(11-1)27-13-9-15-29(37(27)41(31)35-19-5-7-23-39-35)33-21-22-34(43-33)30-16-10-14-28-26-12-2-4-18-32(26)42(38(28)30)36-20-6-8-24-40-36/h1-24H. The highest BCUT2D eigenvalue weighted by atomic mass is 32.1. The van der Waals surface area contributed by atoms with Crippen LogP contribution in [0.15, 0.2) is 146 Å². The Labute approximate surface area is 251 Å². The van der Waals surface area contributed by atoms with Crippen LogP contribution < -0.4 is 0 Å². The van der Waals surface area contributed by atoms with Crippen LogP contribution >= 0.6 is 11.3 Å². The predicted octanol–water partition coefficient (Wildman–Crippen LogP) is 10.1. The molecule has 0 aliphatic rings. The Morgan fingerprint density at radius 2 is 0.837 bits per heavy atom. The van der Waals surface area contributed by atoms with Gasteiger partial charge in [0, 0.05) is 54.8 Å². The summed E-state index contributed by atoms with van der Waals surface area (Å²) >= 11 is 1.83.